The van der Waals surface area contributed by atoms with Crippen LogP contribution >= 0.6 is 0 Å². The van der Waals surface area contributed by atoms with Crippen LogP contribution in [0.3, 0.4) is 0 Å². The molecule has 1 heterocycles. The van der Waals surface area contributed by atoms with E-state index in [0.29, 0.717) is 5.56 Å². The van der Waals surface area contributed by atoms with Crippen molar-refractivity contribution >= 4 is 6.16 Å². The van der Waals surface area contributed by atoms with Crippen molar-refractivity contribution in [1.82, 2.24) is 0 Å². The van der Waals surface area contributed by atoms with Crippen LogP contribution in [0.2, 0.25) is 0 Å². The van der Waals surface area contributed by atoms with Crippen molar-refractivity contribution in [1.29, 1.82) is 15.8 Å². The van der Waals surface area contributed by atoms with Crippen molar-refractivity contribution in [2.45, 2.75) is 25.3 Å². The van der Waals surface area contributed by atoms with Gasteiger partial charge >= 0.3 is 12.3 Å². The number of nitrogens with zero attached hydrogens (tertiary/aromatic N) is 3. The molecule has 1 aliphatic heterocycles. The van der Waals surface area contributed by atoms with Gasteiger partial charge in [0.2, 0.25) is 0 Å². The molecule has 0 radical (unpaired) electrons. The van der Waals surface area contributed by atoms with E-state index >= 15 is 0 Å². The number of ether oxygens (including phenoxy) is 3. The highest BCUT2D eigenvalue weighted by molar-refractivity contribution is 5.64. The summed E-state index contributed by atoms with van der Waals surface area (Å²) in [6.45, 7) is 0.982. The minimum atomic E-state index is -5.06. The molecule has 0 N–H and O–H groups in total. The van der Waals surface area contributed by atoms with Crippen LogP contribution < -0.4 is 4.74 Å². The average Bonchev–Trinajstić information content (AvgIpc) is 3.13. The monoisotopic (exact) mass is 465 g/mol. The van der Waals surface area contributed by atoms with Crippen molar-refractivity contribution < 1.29 is 32.2 Å². The highest BCUT2D eigenvalue weighted by atomic mass is 19.4. The van der Waals surface area contributed by atoms with Gasteiger partial charge in [-0.05, 0) is 24.6 Å². The molecule has 1 atom stereocenters. The topological polar surface area (TPSA) is 116 Å². The number of carbonyl (C=O) groups excluding carboxylic acids is 1. The van der Waals surface area contributed by atoms with Gasteiger partial charge in [-0.1, -0.05) is 42.5 Å². The third-order valence-corrected chi connectivity index (χ3v) is 5.01. The molecule has 1 unspecified atom stereocenters. The lowest BCUT2D eigenvalue weighted by atomic mass is 9.85. The first-order valence-electron chi connectivity index (χ1n) is 9.59. The number of rotatable bonds is 4. The molecule has 2 aromatic carbocycles. The molecule has 0 aromatic heterocycles. The maximum absolute atomic E-state index is 14.3. The van der Waals surface area contributed by atoms with Crippen molar-refractivity contribution in [3.05, 3.63) is 88.2 Å². The molecule has 1 aliphatic rings. The van der Waals surface area contributed by atoms with Crippen molar-refractivity contribution in [2.24, 2.45) is 0 Å². The summed E-state index contributed by atoms with van der Waals surface area (Å²) in [4.78, 5) is 11.9. The maximum atomic E-state index is 14.3. The van der Waals surface area contributed by atoms with E-state index in [4.69, 9.17) is 24.7 Å². The summed E-state index contributed by atoms with van der Waals surface area (Å²) in [5.41, 5.74) is -4.69. The van der Waals surface area contributed by atoms with Gasteiger partial charge in [0.1, 0.15) is 30.6 Å². The number of hydrogen-bond acceptors (Lipinski definition) is 7. The van der Waals surface area contributed by atoms with Crippen LogP contribution in [-0.2, 0) is 21.7 Å². The van der Waals surface area contributed by atoms with Gasteiger partial charge in [0.05, 0.1) is 5.57 Å². The Bertz CT molecular complexity index is 1280. The Hall–Kier alpha value is -4.75. The molecule has 0 saturated heterocycles. The Labute approximate surface area is 192 Å². The van der Waals surface area contributed by atoms with Crippen LogP contribution in [0.4, 0.5) is 18.0 Å². The van der Waals surface area contributed by atoms with Gasteiger partial charge in [0, 0.05) is 11.1 Å². The maximum Gasteiger partial charge on any atom is 0.514 e. The molecule has 0 bridgehead atoms. The first kappa shape index (κ1) is 23.9. The lowest BCUT2D eigenvalue weighted by Crippen LogP contribution is -2.43. The lowest BCUT2D eigenvalue weighted by Gasteiger charge is -2.33. The molecule has 170 valence electrons. The fraction of sp³-hybridized carbons (Fsp3) is 0.167. The molecule has 2 aromatic rings. The molecule has 7 nitrogen and oxygen atoms in total. The summed E-state index contributed by atoms with van der Waals surface area (Å²) in [6.07, 6.45) is -6.12. The van der Waals surface area contributed by atoms with Gasteiger partial charge in [-0.15, -0.1) is 0 Å². The molecule has 10 heteroatoms. The Morgan fingerprint density at radius 2 is 1.65 bits per heavy atom. The molecule has 0 amide bonds. The second-order valence-electron chi connectivity index (χ2n) is 6.97. The molecule has 3 rings (SSSR count). The van der Waals surface area contributed by atoms with Crippen LogP contribution in [0.1, 0.15) is 18.1 Å². The largest absolute Gasteiger partial charge is 0.514 e. The molecule has 0 saturated carbocycles. The highest BCUT2D eigenvalue weighted by Gasteiger charge is 2.64. The first-order chi connectivity index (χ1) is 16.2. The van der Waals surface area contributed by atoms with E-state index in [-0.39, 0.29) is 12.4 Å². The normalized spacial score (nSPS) is 17.1. The highest BCUT2D eigenvalue weighted by Crippen LogP contribution is 2.55. The second kappa shape index (κ2) is 9.40. The summed E-state index contributed by atoms with van der Waals surface area (Å²) >= 11 is 0. The molecular weight excluding hydrogens is 451 g/mol. The van der Waals surface area contributed by atoms with Gasteiger partial charge < -0.3 is 14.2 Å². The Balaban J connectivity index is 1.90. The zero-order valence-electron chi connectivity index (χ0n) is 17.5. The van der Waals surface area contributed by atoms with E-state index in [9.17, 15) is 23.2 Å². The summed E-state index contributed by atoms with van der Waals surface area (Å²) in [5.74, 6) is -0.836. The van der Waals surface area contributed by atoms with Crippen LogP contribution in [0, 0.1) is 34.0 Å². The van der Waals surface area contributed by atoms with E-state index in [2.05, 4.69) is 0 Å². The third-order valence-electron chi connectivity index (χ3n) is 5.01. The van der Waals surface area contributed by atoms with Crippen molar-refractivity contribution in [3.63, 3.8) is 0 Å². The predicted octanol–water partition coefficient (Wildman–Crippen LogP) is 5.33. The summed E-state index contributed by atoms with van der Waals surface area (Å²) in [5, 5.41) is 27.6. The number of alkyl halides is 3. The Kier molecular flexibility index (Phi) is 6.61. The predicted molar refractivity (Wildman–Crippen MR) is 109 cm³/mol. The summed E-state index contributed by atoms with van der Waals surface area (Å²) in [6, 6.07) is 17.5. The van der Waals surface area contributed by atoms with Crippen LogP contribution in [0.5, 0.6) is 5.75 Å². The van der Waals surface area contributed by atoms with E-state index in [0.717, 1.165) is 31.2 Å². The van der Waals surface area contributed by atoms with Gasteiger partial charge in [0.25, 0.3) is 5.60 Å². The first-order valence-corrected chi connectivity index (χ1v) is 9.59. The zero-order chi connectivity index (χ0) is 24.9. The summed E-state index contributed by atoms with van der Waals surface area (Å²) in [7, 11) is 0. The smallest absolute Gasteiger partial charge is 0.465 e. The molecular formula is C24H14F3N3O4. The third kappa shape index (κ3) is 4.28. The Morgan fingerprint density at radius 3 is 2.18 bits per heavy atom. The molecule has 0 aliphatic carbocycles. The summed E-state index contributed by atoms with van der Waals surface area (Å²) < 4.78 is 58.1. The van der Waals surface area contributed by atoms with Crippen LogP contribution in [0.15, 0.2) is 77.1 Å². The van der Waals surface area contributed by atoms with Crippen LogP contribution in [0.25, 0.3) is 0 Å². The number of allylic oxidation sites excluding steroid dienone is 2. The molecule has 34 heavy (non-hydrogen) atoms. The number of halogens is 3. The van der Waals surface area contributed by atoms with Gasteiger partial charge in [0.15, 0.2) is 11.3 Å². The Morgan fingerprint density at radius 1 is 1.03 bits per heavy atom. The van der Waals surface area contributed by atoms with E-state index in [1.807, 2.05) is 0 Å². The van der Waals surface area contributed by atoms with Crippen LogP contribution in [-0.4, -0.2) is 12.3 Å². The average molecular weight is 465 g/mol. The van der Waals surface area contributed by atoms with E-state index in [1.54, 1.807) is 36.4 Å². The number of hydrogen-bond donors (Lipinski definition) is 0. The molecule has 0 spiro atoms. The number of nitriles is 3. The van der Waals surface area contributed by atoms with E-state index in [1.165, 1.54) is 12.1 Å². The zero-order valence-corrected chi connectivity index (χ0v) is 17.5. The molecule has 0 fully saturated rings. The van der Waals surface area contributed by atoms with Gasteiger partial charge in [-0.3, -0.25) is 0 Å². The van der Waals surface area contributed by atoms with Crippen molar-refractivity contribution in [2.75, 3.05) is 0 Å². The minimum Gasteiger partial charge on any atom is -0.465 e. The number of carbonyl (C=O) groups is 1. The SMILES string of the molecule is CC1=C(C#N)C(=C(C#N)C#N)OC1(c1ccc(OC(=O)OCc2ccccc2)cc1)C(F)(F)F. The van der Waals surface area contributed by atoms with Crippen molar-refractivity contribution in [3.8, 4) is 24.0 Å². The van der Waals surface area contributed by atoms with Gasteiger partial charge in [-0.25, -0.2) is 4.79 Å². The quantitative estimate of drug-likeness (QED) is 0.340. The minimum absolute atomic E-state index is 0.0566. The second-order valence-corrected chi connectivity index (χ2v) is 6.97. The fourth-order valence-electron chi connectivity index (χ4n) is 3.37. The van der Waals surface area contributed by atoms with Gasteiger partial charge in [-0.2, -0.15) is 29.0 Å². The fourth-order valence-corrected chi connectivity index (χ4v) is 3.37. The van der Waals surface area contributed by atoms with E-state index < -0.39 is 46.0 Å². The standard InChI is InChI=1S/C24H14F3N3O4/c1-15-20(13-30)21(17(11-28)12-29)34-23(15,24(25,26)27)18-7-9-19(10-8-18)33-22(31)32-14-16-5-3-2-4-6-16/h2-10H,14H2,1H3. The lowest BCUT2D eigenvalue weighted by molar-refractivity contribution is -0.250. The number of benzene rings is 2.